The molecule has 1 saturated carbocycles. The Bertz CT molecular complexity index is 460. The number of methoxy groups -OCH3 is 1. The molecule has 1 aliphatic carbocycles. The van der Waals surface area contributed by atoms with Gasteiger partial charge in [-0.15, -0.1) is 11.8 Å². The van der Waals surface area contributed by atoms with Gasteiger partial charge in [0.1, 0.15) is 11.0 Å². The normalized spacial score (nSPS) is 15.9. The van der Waals surface area contributed by atoms with Gasteiger partial charge in [0, 0.05) is 10.6 Å². The van der Waals surface area contributed by atoms with E-state index >= 15 is 0 Å². The fourth-order valence-corrected chi connectivity index (χ4v) is 3.18. The third-order valence-electron chi connectivity index (χ3n) is 3.03. The summed E-state index contributed by atoms with van der Waals surface area (Å²) in [7, 11) is 1.43. The van der Waals surface area contributed by atoms with Gasteiger partial charge in [-0.05, 0) is 43.9 Å². The topological polar surface area (TPSA) is 61.5 Å². The van der Waals surface area contributed by atoms with Gasteiger partial charge < -0.3 is 15.2 Å². The molecule has 1 aromatic rings. The van der Waals surface area contributed by atoms with E-state index in [9.17, 15) is 4.79 Å². The Morgan fingerprint density at radius 3 is 2.84 bits per heavy atom. The first kappa shape index (κ1) is 14.1. The monoisotopic (exact) mass is 281 g/mol. The van der Waals surface area contributed by atoms with E-state index in [1.165, 1.54) is 18.9 Å². The fraction of sp³-hybridized carbons (Fsp3) is 0.500. The minimum atomic E-state index is -0.172. The summed E-state index contributed by atoms with van der Waals surface area (Å²) < 4.78 is 10.3. The summed E-state index contributed by atoms with van der Waals surface area (Å²) in [6, 6.07) is 5.55. The second-order valence-corrected chi connectivity index (χ2v) is 5.72. The molecule has 0 aromatic heterocycles. The molecule has 2 rings (SSSR count). The number of nitrogens with two attached hydrogens (primary N) is 1. The van der Waals surface area contributed by atoms with E-state index < -0.39 is 0 Å². The zero-order chi connectivity index (χ0) is 13.8. The van der Waals surface area contributed by atoms with Crippen LogP contribution in [0.15, 0.2) is 23.1 Å². The SMILES string of the molecule is CCOc1ccc(N)c(SC(C(=O)OC)C2CC2)c1. The largest absolute Gasteiger partial charge is 0.494 e. The van der Waals surface area contributed by atoms with Crippen molar-refractivity contribution in [1.82, 2.24) is 0 Å². The van der Waals surface area contributed by atoms with Crippen LogP contribution in [0, 0.1) is 5.92 Å². The molecular weight excluding hydrogens is 262 g/mol. The van der Waals surface area contributed by atoms with Gasteiger partial charge in [0.2, 0.25) is 0 Å². The zero-order valence-corrected chi connectivity index (χ0v) is 12.0. The van der Waals surface area contributed by atoms with Crippen LogP contribution in [0.2, 0.25) is 0 Å². The lowest BCUT2D eigenvalue weighted by Crippen LogP contribution is -2.21. The molecule has 2 N–H and O–H groups in total. The highest BCUT2D eigenvalue weighted by Gasteiger charge is 2.38. The van der Waals surface area contributed by atoms with Gasteiger partial charge in [-0.2, -0.15) is 0 Å². The van der Waals surface area contributed by atoms with Crippen molar-refractivity contribution in [2.75, 3.05) is 19.5 Å². The van der Waals surface area contributed by atoms with Gasteiger partial charge in [0.25, 0.3) is 0 Å². The lowest BCUT2D eigenvalue weighted by Gasteiger charge is -2.15. The summed E-state index contributed by atoms with van der Waals surface area (Å²) in [5.41, 5.74) is 6.64. The molecule has 0 aliphatic heterocycles. The summed E-state index contributed by atoms with van der Waals surface area (Å²) in [6.45, 7) is 2.54. The van der Waals surface area contributed by atoms with E-state index in [1.54, 1.807) is 0 Å². The maximum atomic E-state index is 11.8. The third kappa shape index (κ3) is 3.56. The van der Waals surface area contributed by atoms with E-state index in [0.717, 1.165) is 23.5 Å². The number of ether oxygens (including phenoxy) is 2. The number of carbonyl (C=O) groups excluding carboxylic acids is 1. The molecule has 0 bridgehead atoms. The van der Waals surface area contributed by atoms with E-state index in [0.29, 0.717) is 18.2 Å². The van der Waals surface area contributed by atoms with Crippen LogP contribution in [-0.4, -0.2) is 24.9 Å². The van der Waals surface area contributed by atoms with Crippen molar-refractivity contribution < 1.29 is 14.3 Å². The third-order valence-corrected chi connectivity index (χ3v) is 4.47. The van der Waals surface area contributed by atoms with Crippen LogP contribution in [0.1, 0.15) is 19.8 Å². The first-order valence-corrected chi connectivity index (χ1v) is 7.30. The molecule has 19 heavy (non-hydrogen) atoms. The van der Waals surface area contributed by atoms with Crippen LogP contribution in [0.5, 0.6) is 5.75 Å². The Labute approximate surface area is 117 Å². The first-order valence-electron chi connectivity index (χ1n) is 6.42. The predicted octanol–water partition coefficient (Wildman–Crippen LogP) is 2.71. The molecule has 4 nitrogen and oxygen atoms in total. The van der Waals surface area contributed by atoms with Crippen LogP contribution in [0.4, 0.5) is 5.69 Å². The van der Waals surface area contributed by atoms with Crippen molar-refractivity contribution >= 4 is 23.4 Å². The predicted molar refractivity (Wildman–Crippen MR) is 76.4 cm³/mol. The van der Waals surface area contributed by atoms with Crippen molar-refractivity contribution in [3.8, 4) is 5.75 Å². The highest BCUT2D eigenvalue weighted by Crippen LogP contribution is 2.44. The van der Waals surface area contributed by atoms with Crippen LogP contribution >= 0.6 is 11.8 Å². The minimum absolute atomic E-state index is 0.163. The zero-order valence-electron chi connectivity index (χ0n) is 11.2. The fourth-order valence-electron chi connectivity index (χ4n) is 1.86. The maximum Gasteiger partial charge on any atom is 0.319 e. The number of rotatable bonds is 6. The Balaban J connectivity index is 2.15. The number of carbonyl (C=O) groups is 1. The second kappa shape index (κ2) is 6.19. The molecule has 0 radical (unpaired) electrons. The summed E-state index contributed by atoms with van der Waals surface area (Å²) in [4.78, 5) is 12.7. The van der Waals surface area contributed by atoms with Gasteiger partial charge in [-0.1, -0.05) is 0 Å². The van der Waals surface area contributed by atoms with Gasteiger partial charge in [0.05, 0.1) is 13.7 Å². The molecule has 0 saturated heterocycles. The highest BCUT2D eigenvalue weighted by atomic mass is 32.2. The number of anilines is 1. The van der Waals surface area contributed by atoms with Crippen LogP contribution < -0.4 is 10.5 Å². The summed E-state index contributed by atoms with van der Waals surface area (Å²) in [6.07, 6.45) is 2.16. The summed E-state index contributed by atoms with van der Waals surface area (Å²) in [5.74, 6) is 1.01. The van der Waals surface area contributed by atoms with Gasteiger partial charge in [0.15, 0.2) is 0 Å². The first-order chi connectivity index (χ1) is 9.15. The van der Waals surface area contributed by atoms with E-state index in [1.807, 2.05) is 25.1 Å². The molecule has 5 heteroatoms. The number of benzene rings is 1. The molecule has 0 amide bonds. The standard InChI is InChI=1S/C14H19NO3S/c1-3-18-10-6-7-11(15)12(8-10)19-13(9-4-5-9)14(16)17-2/h6-9,13H,3-5,15H2,1-2H3. The van der Waals surface area contributed by atoms with Crippen molar-refractivity contribution in [3.05, 3.63) is 18.2 Å². The number of nitrogen functional groups attached to an aromatic ring is 1. The highest BCUT2D eigenvalue weighted by molar-refractivity contribution is 8.00. The molecule has 1 aromatic carbocycles. The molecule has 1 aliphatic rings. The van der Waals surface area contributed by atoms with E-state index in [4.69, 9.17) is 15.2 Å². The van der Waals surface area contributed by atoms with Crippen molar-refractivity contribution in [2.24, 2.45) is 5.92 Å². The summed E-state index contributed by atoms with van der Waals surface area (Å²) >= 11 is 1.48. The lowest BCUT2D eigenvalue weighted by molar-refractivity contribution is -0.140. The number of hydrogen-bond acceptors (Lipinski definition) is 5. The van der Waals surface area contributed by atoms with Crippen molar-refractivity contribution in [1.29, 1.82) is 0 Å². The molecule has 1 atom stereocenters. The molecule has 0 heterocycles. The Morgan fingerprint density at radius 1 is 1.53 bits per heavy atom. The molecule has 1 unspecified atom stereocenters. The molecule has 104 valence electrons. The second-order valence-electron chi connectivity index (χ2n) is 4.53. The number of esters is 1. The van der Waals surface area contributed by atoms with Crippen LogP contribution in [-0.2, 0) is 9.53 Å². The van der Waals surface area contributed by atoms with Crippen molar-refractivity contribution in [3.63, 3.8) is 0 Å². The summed E-state index contributed by atoms with van der Waals surface area (Å²) in [5, 5.41) is -0.163. The Hall–Kier alpha value is -1.36. The minimum Gasteiger partial charge on any atom is -0.494 e. The van der Waals surface area contributed by atoms with E-state index in [-0.39, 0.29) is 11.2 Å². The van der Waals surface area contributed by atoms with Crippen molar-refractivity contribution in [2.45, 2.75) is 29.9 Å². The maximum absolute atomic E-state index is 11.8. The lowest BCUT2D eigenvalue weighted by atomic mass is 10.3. The van der Waals surface area contributed by atoms with Gasteiger partial charge >= 0.3 is 5.97 Å². The Kier molecular flexibility index (Phi) is 4.58. The van der Waals surface area contributed by atoms with Gasteiger partial charge in [-0.3, -0.25) is 4.79 Å². The van der Waals surface area contributed by atoms with Crippen LogP contribution in [0.25, 0.3) is 0 Å². The average Bonchev–Trinajstić information content (AvgIpc) is 3.23. The Morgan fingerprint density at radius 2 is 2.26 bits per heavy atom. The van der Waals surface area contributed by atoms with Gasteiger partial charge in [-0.25, -0.2) is 0 Å². The number of thioether (sulfide) groups is 1. The molecule has 1 fully saturated rings. The smallest absolute Gasteiger partial charge is 0.319 e. The van der Waals surface area contributed by atoms with Crippen LogP contribution in [0.3, 0.4) is 0 Å². The van der Waals surface area contributed by atoms with E-state index in [2.05, 4.69) is 0 Å². The molecular formula is C14H19NO3S. The number of hydrogen-bond donors (Lipinski definition) is 1. The quantitative estimate of drug-likeness (QED) is 0.493. The molecule has 0 spiro atoms. The average molecular weight is 281 g/mol.